The van der Waals surface area contributed by atoms with Crippen LogP contribution in [0.5, 0.6) is 5.75 Å². The van der Waals surface area contributed by atoms with Crippen molar-refractivity contribution in [2.75, 3.05) is 0 Å². The molecule has 104 valence electrons. The lowest BCUT2D eigenvalue weighted by atomic mass is 10.1. The molecule has 2 aromatic heterocycles. The van der Waals surface area contributed by atoms with Crippen LogP contribution in [0.1, 0.15) is 24.3 Å². The molecule has 0 fully saturated rings. The molecule has 0 aliphatic heterocycles. The third-order valence-corrected chi connectivity index (χ3v) is 3.72. The minimum absolute atomic E-state index is 0.234. The standard InChI is InChI=1S/C14H13FN2O2S/c1-9(18)12-3-2-10(15)6-13(12)19-8-11-7-17-4-5-20-14(17)16-11/h2-7,9,18H,8H2,1H3/t9-/m1/s1. The van der Waals surface area contributed by atoms with Gasteiger partial charge in [-0.3, -0.25) is 4.40 Å². The Bertz CT molecular complexity index is 707. The van der Waals surface area contributed by atoms with Crippen LogP contribution >= 0.6 is 11.3 Å². The Balaban J connectivity index is 1.80. The van der Waals surface area contributed by atoms with Crippen LogP contribution in [0.4, 0.5) is 4.39 Å². The van der Waals surface area contributed by atoms with Gasteiger partial charge in [-0.25, -0.2) is 9.37 Å². The van der Waals surface area contributed by atoms with Crippen molar-refractivity contribution < 1.29 is 14.2 Å². The third-order valence-electron chi connectivity index (χ3n) is 2.94. The molecule has 1 aromatic carbocycles. The summed E-state index contributed by atoms with van der Waals surface area (Å²) in [6, 6.07) is 4.11. The number of aromatic nitrogens is 2. The van der Waals surface area contributed by atoms with Gasteiger partial charge in [0, 0.05) is 29.4 Å². The number of aliphatic hydroxyl groups is 1. The molecule has 0 unspecified atom stereocenters. The molecule has 0 spiro atoms. The lowest BCUT2D eigenvalue weighted by molar-refractivity contribution is 0.189. The van der Waals surface area contributed by atoms with Gasteiger partial charge in [0.15, 0.2) is 4.96 Å². The zero-order valence-electron chi connectivity index (χ0n) is 10.8. The van der Waals surface area contributed by atoms with Crippen LogP contribution < -0.4 is 4.74 Å². The highest BCUT2D eigenvalue weighted by Gasteiger charge is 2.11. The summed E-state index contributed by atoms with van der Waals surface area (Å²) in [5, 5.41) is 11.6. The number of thiazole rings is 1. The second kappa shape index (κ2) is 5.22. The number of imidazole rings is 1. The van der Waals surface area contributed by atoms with Crippen molar-refractivity contribution in [3.63, 3.8) is 0 Å². The van der Waals surface area contributed by atoms with E-state index >= 15 is 0 Å². The maximum Gasteiger partial charge on any atom is 0.193 e. The van der Waals surface area contributed by atoms with Gasteiger partial charge in [-0.1, -0.05) is 0 Å². The summed E-state index contributed by atoms with van der Waals surface area (Å²) in [6.45, 7) is 1.85. The number of ether oxygens (including phenoxy) is 1. The van der Waals surface area contributed by atoms with Crippen LogP contribution in [0.15, 0.2) is 36.0 Å². The van der Waals surface area contributed by atoms with Crippen molar-refractivity contribution in [3.05, 3.63) is 53.0 Å². The highest BCUT2D eigenvalue weighted by Crippen LogP contribution is 2.26. The summed E-state index contributed by atoms with van der Waals surface area (Å²) in [4.78, 5) is 5.27. The van der Waals surface area contributed by atoms with Crippen molar-refractivity contribution in [1.82, 2.24) is 9.38 Å². The topological polar surface area (TPSA) is 46.8 Å². The first-order chi connectivity index (χ1) is 9.63. The third kappa shape index (κ3) is 2.52. The van der Waals surface area contributed by atoms with Gasteiger partial charge in [0.25, 0.3) is 0 Å². The van der Waals surface area contributed by atoms with E-state index in [0.29, 0.717) is 11.3 Å². The molecule has 1 atom stereocenters. The molecule has 2 heterocycles. The zero-order chi connectivity index (χ0) is 14.1. The molecular weight excluding hydrogens is 279 g/mol. The maximum atomic E-state index is 13.3. The van der Waals surface area contributed by atoms with E-state index in [4.69, 9.17) is 4.74 Å². The molecule has 0 aliphatic carbocycles. The van der Waals surface area contributed by atoms with Gasteiger partial charge in [-0.05, 0) is 19.1 Å². The molecule has 0 aliphatic rings. The SMILES string of the molecule is C[C@@H](O)c1ccc(F)cc1OCc1cn2ccsc2n1. The number of fused-ring (bicyclic) bond motifs is 1. The zero-order valence-corrected chi connectivity index (χ0v) is 11.6. The molecule has 3 aromatic rings. The molecule has 20 heavy (non-hydrogen) atoms. The Kier molecular flexibility index (Phi) is 3.42. The fraction of sp³-hybridized carbons (Fsp3) is 0.214. The second-order valence-electron chi connectivity index (χ2n) is 4.47. The van der Waals surface area contributed by atoms with Crippen LogP contribution in [-0.4, -0.2) is 14.5 Å². The fourth-order valence-electron chi connectivity index (χ4n) is 1.98. The summed E-state index contributed by atoms with van der Waals surface area (Å²) in [5.74, 6) is -0.0495. The molecule has 4 nitrogen and oxygen atoms in total. The van der Waals surface area contributed by atoms with Gasteiger partial charge in [-0.15, -0.1) is 11.3 Å². The summed E-state index contributed by atoms with van der Waals surface area (Å²) >= 11 is 1.54. The van der Waals surface area contributed by atoms with Crippen LogP contribution in [0.25, 0.3) is 4.96 Å². The van der Waals surface area contributed by atoms with Crippen LogP contribution in [-0.2, 0) is 6.61 Å². The highest BCUT2D eigenvalue weighted by atomic mass is 32.1. The van der Waals surface area contributed by atoms with Gasteiger partial charge < -0.3 is 9.84 Å². The monoisotopic (exact) mass is 292 g/mol. The van der Waals surface area contributed by atoms with E-state index in [-0.39, 0.29) is 6.61 Å². The molecule has 0 saturated carbocycles. The maximum absolute atomic E-state index is 13.3. The van der Waals surface area contributed by atoms with E-state index in [2.05, 4.69) is 4.98 Å². The Morgan fingerprint density at radius 3 is 3.10 bits per heavy atom. The number of nitrogens with zero attached hydrogens (tertiary/aromatic N) is 2. The van der Waals surface area contributed by atoms with Crippen LogP contribution in [0.2, 0.25) is 0 Å². The number of hydrogen-bond acceptors (Lipinski definition) is 4. The molecule has 0 bridgehead atoms. The van der Waals surface area contributed by atoms with E-state index in [1.165, 1.54) is 29.5 Å². The van der Waals surface area contributed by atoms with E-state index in [1.807, 2.05) is 22.2 Å². The van der Waals surface area contributed by atoms with Crippen LogP contribution in [0.3, 0.4) is 0 Å². The normalized spacial score (nSPS) is 12.8. The van der Waals surface area contributed by atoms with E-state index in [9.17, 15) is 9.50 Å². The first-order valence-electron chi connectivity index (χ1n) is 6.15. The van der Waals surface area contributed by atoms with E-state index < -0.39 is 11.9 Å². The predicted octanol–water partition coefficient (Wildman–Crippen LogP) is 3.17. The Labute approximate surface area is 119 Å². The first kappa shape index (κ1) is 13.1. The molecule has 6 heteroatoms. The Morgan fingerprint density at radius 1 is 1.50 bits per heavy atom. The second-order valence-corrected chi connectivity index (χ2v) is 5.34. The first-order valence-corrected chi connectivity index (χ1v) is 7.03. The van der Waals surface area contributed by atoms with Crippen molar-refractivity contribution >= 4 is 16.3 Å². The molecule has 3 rings (SSSR count). The Morgan fingerprint density at radius 2 is 2.35 bits per heavy atom. The molecule has 0 amide bonds. The number of hydrogen-bond donors (Lipinski definition) is 1. The van der Waals surface area contributed by atoms with E-state index in [0.717, 1.165) is 10.7 Å². The average molecular weight is 292 g/mol. The van der Waals surface area contributed by atoms with Crippen molar-refractivity contribution in [1.29, 1.82) is 0 Å². The van der Waals surface area contributed by atoms with Gasteiger partial charge in [-0.2, -0.15) is 0 Å². The van der Waals surface area contributed by atoms with Crippen molar-refractivity contribution in [2.45, 2.75) is 19.6 Å². The lowest BCUT2D eigenvalue weighted by Gasteiger charge is -2.12. The van der Waals surface area contributed by atoms with Crippen molar-refractivity contribution in [3.8, 4) is 5.75 Å². The van der Waals surface area contributed by atoms with Gasteiger partial charge in [0.05, 0.1) is 11.8 Å². The summed E-state index contributed by atoms with van der Waals surface area (Å²) in [5.41, 5.74) is 1.32. The smallest absolute Gasteiger partial charge is 0.193 e. The van der Waals surface area contributed by atoms with Gasteiger partial charge >= 0.3 is 0 Å². The van der Waals surface area contributed by atoms with Gasteiger partial charge in [0.1, 0.15) is 18.2 Å². The molecule has 0 saturated heterocycles. The summed E-state index contributed by atoms with van der Waals surface area (Å²) < 4.78 is 20.8. The molecule has 0 radical (unpaired) electrons. The molecule has 1 N–H and O–H groups in total. The minimum Gasteiger partial charge on any atom is -0.487 e. The summed E-state index contributed by atoms with van der Waals surface area (Å²) in [7, 11) is 0. The number of benzene rings is 1. The number of rotatable bonds is 4. The average Bonchev–Trinajstić information content (AvgIpc) is 2.96. The number of halogens is 1. The lowest BCUT2D eigenvalue weighted by Crippen LogP contribution is -2.01. The van der Waals surface area contributed by atoms with Crippen LogP contribution in [0, 0.1) is 5.82 Å². The predicted molar refractivity (Wildman–Crippen MR) is 74.4 cm³/mol. The van der Waals surface area contributed by atoms with E-state index in [1.54, 1.807) is 6.92 Å². The largest absolute Gasteiger partial charge is 0.487 e. The number of aliphatic hydroxyl groups excluding tert-OH is 1. The quantitative estimate of drug-likeness (QED) is 0.803. The fourth-order valence-corrected chi connectivity index (χ4v) is 2.69. The summed E-state index contributed by atoms with van der Waals surface area (Å²) in [6.07, 6.45) is 3.07. The minimum atomic E-state index is -0.712. The molecular formula is C14H13FN2O2S. The highest BCUT2D eigenvalue weighted by molar-refractivity contribution is 7.15. The van der Waals surface area contributed by atoms with Gasteiger partial charge in [0.2, 0.25) is 0 Å². The van der Waals surface area contributed by atoms with Crippen molar-refractivity contribution in [2.24, 2.45) is 0 Å². The Hall–Kier alpha value is -1.92.